The minimum absolute atomic E-state index is 0.0806. The normalized spacial score (nSPS) is 20.1. The van der Waals surface area contributed by atoms with Gasteiger partial charge in [-0.3, -0.25) is 0 Å². The first kappa shape index (κ1) is 13.1. The fourth-order valence-electron chi connectivity index (χ4n) is 2.14. The summed E-state index contributed by atoms with van der Waals surface area (Å²) in [6, 6.07) is 2.76. The van der Waals surface area contributed by atoms with Crippen LogP contribution in [0.15, 0.2) is 18.3 Å². The number of aromatic nitrogens is 1. The Morgan fingerprint density at radius 3 is 2.94 bits per heavy atom. The highest BCUT2D eigenvalue weighted by Crippen LogP contribution is 2.33. The van der Waals surface area contributed by atoms with Crippen LogP contribution < -0.4 is 10.6 Å². The number of hydrogen-bond donors (Lipinski definition) is 2. The molecule has 1 aromatic rings. The van der Waals surface area contributed by atoms with Crippen molar-refractivity contribution in [1.29, 1.82) is 0 Å². The molecule has 1 unspecified atom stereocenters. The third kappa shape index (κ3) is 3.35. The molecule has 100 valence electrons. The highest BCUT2D eigenvalue weighted by atomic mass is 19.4. The maximum atomic E-state index is 12.7. The average molecular weight is 259 g/mol. The Morgan fingerprint density at radius 1 is 1.44 bits per heavy atom. The second-order valence-electron chi connectivity index (χ2n) is 4.41. The maximum absolute atomic E-state index is 12.7. The Hall–Kier alpha value is -1.30. The lowest BCUT2D eigenvalue weighted by molar-refractivity contribution is -0.137. The van der Waals surface area contributed by atoms with Crippen molar-refractivity contribution in [2.24, 2.45) is 0 Å². The van der Waals surface area contributed by atoms with Gasteiger partial charge in [-0.15, -0.1) is 0 Å². The van der Waals surface area contributed by atoms with Crippen LogP contribution in [0.4, 0.5) is 19.0 Å². The molecule has 1 aromatic heterocycles. The Balaban J connectivity index is 1.92. The van der Waals surface area contributed by atoms with E-state index in [0.29, 0.717) is 12.6 Å². The van der Waals surface area contributed by atoms with Crippen LogP contribution in [-0.4, -0.2) is 24.1 Å². The van der Waals surface area contributed by atoms with E-state index in [1.54, 1.807) is 0 Å². The number of nitrogens with one attached hydrogen (secondary N) is 2. The van der Waals surface area contributed by atoms with Gasteiger partial charge in [-0.05, 0) is 37.9 Å². The predicted octanol–water partition coefficient (Wildman–Crippen LogP) is 2.65. The van der Waals surface area contributed by atoms with Crippen LogP contribution in [0.25, 0.3) is 0 Å². The van der Waals surface area contributed by atoms with Crippen molar-refractivity contribution in [3.8, 4) is 0 Å². The van der Waals surface area contributed by atoms with Crippen LogP contribution >= 0.6 is 0 Å². The summed E-state index contributed by atoms with van der Waals surface area (Å²) in [7, 11) is 0. The zero-order valence-electron chi connectivity index (χ0n) is 9.93. The van der Waals surface area contributed by atoms with Crippen LogP contribution in [0.1, 0.15) is 24.8 Å². The lowest BCUT2D eigenvalue weighted by Crippen LogP contribution is -2.24. The van der Waals surface area contributed by atoms with Crippen molar-refractivity contribution < 1.29 is 13.2 Å². The van der Waals surface area contributed by atoms with Gasteiger partial charge in [0.2, 0.25) is 0 Å². The van der Waals surface area contributed by atoms with E-state index in [1.807, 2.05) is 0 Å². The highest BCUT2D eigenvalue weighted by molar-refractivity contribution is 5.45. The van der Waals surface area contributed by atoms with Gasteiger partial charge in [0.1, 0.15) is 5.82 Å². The number of rotatable bonds is 4. The van der Waals surface area contributed by atoms with Crippen molar-refractivity contribution in [1.82, 2.24) is 10.3 Å². The largest absolute Gasteiger partial charge is 0.419 e. The molecule has 0 aromatic carbocycles. The topological polar surface area (TPSA) is 37.0 Å². The second kappa shape index (κ2) is 5.56. The van der Waals surface area contributed by atoms with Gasteiger partial charge in [0.25, 0.3) is 0 Å². The molecule has 1 aliphatic rings. The molecule has 2 N–H and O–H groups in total. The third-order valence-electron chi connectivity index (χ3n) is 3.06. The summed E-state index contributed by atoms with van der Waals surface area (Å²) >= 11 is 0. The van der Waals surface area contributed by atoms with Crippen LogP contribution in [0, 0.1) is 0 Å². The summed E-state index contributed by atoms with van der Waals surface area (Å²) in [4.78, 5) is 3.76. The third-order valence-corrected chi connectivity index (χ3v) is 3.06. The first-order valence-corrected chi connectivity index (χ1v) is 6.07. The Morgan fingerprint density at radius 2 is 2.28 bits per heavy atom. The van der Waals surface area contributed by atoms with Gasteiger partial charge in [0.05, 0.1) is 5.56 Å². The summed E-state index contributed by atoms with van der Waals surface area (Å²) in [5, 5.41) is 6.08. The first-order chi connectivity index (χ1) is 8.57. The molecule has 0 radical (unpaired) electrons. The summed E-state index contributed by atoms with van der Waals surface area (Å²) in [6.07, 6.45) is 0.0551. The fraction of sp³-hybridized carbons (Fsp3) is 0.583. The molecule has 1 atom stereocenters. The molecule has 1 fully saturated rings. The summed E-state index contributed by atoms with van der Waals surface area (Å²) in [5.74, 6) is -0.0806. The van der Waals surface area contributed by atoms with Crippen molar-refractivity contribution in [2.45, 2.75) is 31.5 Å². The monoisotopic (exact) mass is 259 g/mol. The van der Waals surface area contributed by atoms with Gasteiger partial charge in [0.15, 0.2) is 0 Å². The summed E-state index contributed by atoms with van der Waals surface area (Å²) < 4.78 is 38.1. The molecule has 0 saturated carbocycles. The van der Waals surface area contributed by atoms with Crippen molar-refractivity contribution >= 4 is 5.82 Å². The summed E-state index contributed by atoms with van der Waals surface area (Å²) in [5.41, 5.74) is -0.704. The molecule has 0 bridgehead atoms. The molecule has 2 rings (SSSR count). The fourth-order valence-corrected chi connectivity index (χ4v) is 2.14. The molecule has 18 heavy (non-hydrogen) atoms. The quantitative estimate of drug-likeness (QED) is 0.872. The minimum Gasteiger partial charge on any atom is -0.370 e. The van der Waals surface area contributed by atoms with Gasteiger partial charge in [0, 0.05) is 18.8 Å². The lowest BCUT2D eigenvalue weighted by atomic mass is 10.1. The van der Waals surface area contributed by atoms with Gasteiger partial charge in [-0.2, -0.15) is 13.2 Å². The number of hydrogen-bond acceptors (Lipinski definition) is 3. The van der Waals surface area contributed by atoms with Crippen LogP contribution in [0.2, 0.25) is 0 Å². The summed E-state index contributed by atoms with van der Waals surface area (Å²) in [6.45, 7) is 1.50. The molecule has 0 spiro atoms. The van der Waals surface area contributed by atoms with Gasteiger partial charge >= 0.3 is 6.18 Å². The molecular weight excluding hydrogens is 243 g/mol. The number of pyridine rings is 1. The second-order valence-corrected chi connectivity index (χ2v) is 4.41. The van der Waals surface area contributed by atoms with E-state index < -0.39 is 11.7 Å². The number of alkyl halides is 3. The molecule has 6 heteroatoms. The zero-order chi connectivity index (χ0) is 13.0. The SMILES string of the molecule is FC(F)(F)c1cccnc1NCCC1CCCN1. The van der Waals surface area contributed by atoms with Crippen LogP contribution in [0.3, 0.4) is 0 Å². The lowest BCUT2D eigenvalue weighted by Gasteiger charge is -2.14. The first-order valence-electron chi connectivity index (χ1n) is 6.07. The molecule has 0 amide bonds. The highest BCUT2D eigenvalue weighted by Gasteiger charge is 2.33. The van der Waals surface area contributed by atoms with Crippen LogP contribution in [-0.2, 0) is 6.18 Å². The van der Waals surface area contributed by atoms with Crippen molar-refractivity contribution in [3.05, 3.63) is 23.9 Å². The molecular formula is C12H16F3N3. The van der Waals surface area contributed by atoms with E-state index in [2.05, 4.69) is 15.6 Å². The standard InChI is InChI=1S/C12H16F3N3/c13-12(14,15)10-4-2-7-17-11(10)18-8-5-9-3-1-6-16-9/h2,4,7,9,16H,1,3,5-6,8H2,(H,17,18). The Labute approximate surface area is 104 Å². The van der Waals surface area contributed by atoms with E-state index in [1.165, 1.54) is 12.3 Å². The number of anilines is 1. The molecule has 0 aliphatic carbocycles. The Bertz CT molecular complexity index is 386. The van der Waals surface area contributed by atoms with E-state index in [-0.39, 0.29) is 5.82 Å². The van der Waals surface area contributed by atoms with E-state index >= 15 is 0 Å². The molecule has 1 saturated heterocycles. The molecule has 3 nitrogen and oxygen atoms in total. The van der Waals surface area contributed by atoms with Crippen molar-refractivity contribution in [2.75, 3.05) is 18.4 Å². The Kier molecular flexibility index (Phi) is 4.06. The van der Waals surface area contributed by atoms with E-state index in [4.69, 9.17) is 0 Å². The van der Waals surface area contributed by atoms with Gasteiger partial charge in [-0.25, -0.2) is 4.98 Å². The number of halogens is 3. The predicted molar refractivity (Wildman–Crippen MR) is 63.4 cm³/mol. The number of nitrogens with zero attached hydrogens (tertiary/aromatic N) is 1. The molecule has 2 heterocycles. The van der Waals surface area contributed by atoms with Gasteiger partial charge < -0.3 is 10.6 Å². The van der Waals surface area contributed by atoms with E-state index in [9.17, 15) is 13.2 Å². The molecule has 1 aliphatic heterocycles. The van der Waals surface area contributed by atoms with Crippen molar-refractivity contribution in [3.63, 3.8) is 0 Å². The average Bonchev–Trinajstić information content (AvgIpc) is 2.81. The van der Waals surface area contributed by atoms with Gasteiger partial charge in [-0.1, -0.05) is 0 Å². The van der Waals surface area contributed by atoms with E-state index in [0.717, 1.165) is 31.9 Å². The maximum Gasteiger partial charge on any atom is 0.419 e. The zero-order valence-corrected chi connectivity index (χ0v) is 9.93. The minimum atomic E-state index is -4.36. The smallest absolute Gasteiger partial charge is 0.370 e. The van der Waals surface area contributed by atoms with Crippen LogP contribution in [0.5, 0.6) is 0 Å².